The Hall–Kier alpha value is -3.41. The van der Waals surface area contributed by atoms with Crippen LogP contribution in [0.2, 0.25) is 0 Å². The Morgan fingerprint density at radius 2 is 1.36 bits per heavy atom. The van der Waals surface area contributed by atoms with Crippen LogP contribution in [-0.4, -0.2) is 22.2 Å². The van der Waals surface area contributed by atoms with Gasteiger partial charge in [-0.15, -0.1) is 0 Å². The number of nitrogens with zero attached hydrogens (tertiary/aromatic N) is 1. The molecule has 0 saturated carbocycles. The molecule has 5 heteroatoms. The van der Waals surface area contributed by atoms with Crippen LogP contribution in [0, 0.1) is 0 Å². The molecule has 4 nitrogen and oxygen atoms in total. The van der Waals surface area contributed by atoms with E-state index in [2.05, 4.69) is 4.98 Å². The highest BCUT2D eigenvalue weighted by atomic mass is 16.4. The van der Waals surface area contributed by atoms with E-state index in [0.717, 1.165) is 38.6 Å². The first kappa shape index (κ1) is 16.7. The van der Waals surface area contributed by atoms with Crippen molar-refractivity contribution in [1.29, 1.82) is 0 Å². The van der Waals surface area contributed by atoms with E-state index in [-0.39, 0.29) is 0 Å². The Labute approximate surface area is 161 Å². The Kier molecular flexibility index (Phi) is 3.97. The fraction of sp³-hybridized carbons (Fsp3) is 0. The van der Waals surface area contributed by atoms with Crippen LogP contribution in [0.15, 0.2) is 89.3 Å². The number of benzene rings is 4. The highest BCUT2D eigenvalue weighted by Crippen LogP contribution is 2.30. The molecule has 0 bridgehead atoms. The third kappa shape index (κ3) is 2.78. The number of rotatable bonds is 3. The molecule has 28 heavy (non-hydrogen) atoms. The highest BCUT2D eigenvalue weighted by molar-refractivity contribution is 6.62. The summed E-state index contributed by atoms with van der Waals surface area (Å²) in [6.45, 7) is 0. The maximum atomic E-state index is 9.64. The second kappa shape index (κ2) is 6.64. The summed E-state index contributed by atoms with van der Waals surface area (Å²) in [5, 5.41) is 21.1. The topological polar surface area (TPSA) is 66.5 Å². The van der Waals surface area contributed by atoms with Crippen LogP contribution in [0.25, 0.3) is 44.5 Å². The predicted octanol–water partition coefficient (Wildman–Crippen LogP) is 3.99. The van der Waals surface area contributed by atoms with Gasteiger partial charge in [-0.2, -0.15) is 0 Å². The lowest BCUT2D eigenvalue weighted by molar-refractivity contribution is 0.426. The maximum absolute atomic E-state index is 9.64. The SMILES string of the molecule is OB(O)c1ccc(-c2ccc(-c3nc4ccccc4o3)cc2)c2ccccc12. The Morgan fingerprint density at radius 3 is 2.11 bits per heavy atom. The van der Waals surface area contributed by atoms with Crippen LogP contribution in [0.3, 0.4) is 0 Å². The van der Waals surface area contributed by atoms with Gasteiger partial charge in [0.2, 0.25) is 5.89 Å². The van der Waals surface area contributed by atoms with Crippen LogP contribution < -0.4 is 5.46 Å². The molecule has 4 aromatic carbocycles. The molecule has 2 N–H and O–H groups in total. The summed E-state index contributed by atoms with van der Waals surface area (Å²) in [6, 6.07) is 27.2. The summed E-state index contributed by atoms with van der Waals surface area (Å²) < 4.78 is 5.85. The first-order chi connectivity index (χ1) is 13.7. The normalized spacial score (nSPS) is 11.2. The number of hydrogen-bond donors (Lipinski definition) is 2. The van der Waals surface area contributed by atoms with Crippen LogP contribution in [-0.2, 0) is 0 Å². The van der Waals surface area contributed by atoms with E-state index in [1.807, 2.05) is 78.9 Å². The molecule has 0 radical (unpaired) electrons. The third-order valence-electron chi connectivity index (χ3n) is 4.97. The minimum absolute atomic E-state index is 0.502. The lowest BCUT2D eigenvalue weighted by Crippen LogP contribution is -2.30. The molecule has 0 atom stereocenters. The average Bonchev–Trinajstić information content (AvgIpc) is 3.17. The van der Waals surface area contributed by atoms with Crippen molar-refractivity contribution in [3.63, 3.8) is 0 Å². The second-order valence-corrected chi connectivity index (χ2v) is 6.69. The first-order valence-electron chi connectivity index (χ1n) is 9.05. The fourth-order valence-corrected chi connectivity index (χ4v) is 3.59. The summed E-state index contributed by atoms with van der Waals surface area (Å²) >= 11 is 0. The molecule has 1 aromatic heterocycles. The smallest absolute Gasteiger partial charge is 0.436 e. The van der Waals surface area contributed by atoms with Crippen LogP contribution in [0.4, 0.5) is 0 Å². The van der Waals surface area contributed by atoms with Crippen LogP contribution in [0.1, 0.15) is 0 Å². The summed E-state index contributed by atoms with van der Waals surface area (Å²) in [4.78, 5) is 4.54. The van der Waals surface area contributed by atoms with Crippen molar-refractivity contribution in [3.05, 3.63) is 84.9 Å². The van der Waals surface area contributed by atoms with Crippen molar-refractivity contribution in [3.8, 4) is 22.6 Å². The zero-order valence-electron chi connectivity index (χ0n) is 14.9. The van der Waals surface area contributed by atoms with Crippen LogP contribution >= 0.6 is 0 Å². The van der Waals surface area contributed by atoms with Crippen molar-refractivity contribution >= 4 is 34.5 Å². The molecule has 1 heterocycles. The van der Waals surface area contributed by atoms with Gasteiger partial charge in [-0.3, -0.25) is 0 Å². The molecule has 0 amide bonds. The fourth-order valence-electron chi connectivity index (χ4n) is 3.59. The standard InChI is InChI=1S/C23H16BNO3/c26-24(27)20-14-13-17(18-5-1-2-6-19(18)20)15-9-11-16(12-10-15)23-25-21-7-3-4-8-22(21)28-23/h1-14,26-27H. The van der Waals surface area contributed by atoms with Gasteiger partial charge in [0, 0.05) is 5.56 Å². The van der Waals surface area contributed by atoms with E-state index >= 15 is 0 Å². The van der Waals surface area contributed by atoms with E-state index in [4.69, 9.17) is 4.42 Å². The van der Waals surface area contributed by atoms with E-state index in [1.165, 1.54) is 0 Å². The molecule has 0 aliphatic heterocycles. The molecule has 0 unspecified atom stereocenters. The average molecular weight is 365 g/mol. The van der Waals surface area contributed by atoms with Gasteiger partial charge in [-0.25, -0.2) is 4.98 Å². The molecule has 134 valence electrons. The molecular formula is C23H16BNO3. The van der Waals surface area contributed by atoms with Gasteiger partial charge >= 0.3 is 7.12 Å². The second-order valence-electron chi connectivity index (χ2n) is 6.69. The van der Waals surface area contributed by atoms with Crippen molar-refractivity contribution < 1.29 is 14.5 Å². The minimum atomic E-state index is -1.50. The lowest BCUT2D eigenvalue weighted by atomic mass is 9.76. The number of aromatic nitrogens is 1. The Bertz CT molecular complexity index is 1260. The van der Waals surface area contributed by atoms with Gasteiger partial charge in [0.25, 0.3) is 0 Å². The summed E-state index contributed by atoms with van der Waals surface area (Å²) in [6.07, 6.45) is 0. The number of oxazole rings is 1. The first-order valence-corrected chi connectivity index (χ1v) is 9.05. The molecule has 0 fully saturated rings. The van der Waals surface area contributed by atoms with Crippen molar-refractivity contribution in [2.75, 3.05) is 0 Å². The number of fused-ring (bicyclic) bond motifs is 2. The lowest BCUT2D eigenvalue weighted by Gasteiger charge is -2.11. The van der Waals surface area contributed by atoms with Gasteiger partial charge in [0.1, 0.15) is 5.52 Å². The van der Waals surface area contributed by atoms with Gasteiger partial charge in [0.15, 0.2) is 5.58 Å². The molecule has 5 rings (SSSR count). The molecule has 0 spiro atoms. The minimum Gasteiger partial charge on any atom is -0.436 e. The highest BCUT2D eigenvalue weighted by Gasteiger charge is 2.16. The zero-order chi connectivity index (χ0) is 19.1. The summed E-state index contributed by atoms with van der Waals surface area (Å²) in [7, 11) is -1.50. The van der Waals surface area contributed by atoms with Gasteiger partial charge < -0.3 is 14.5 Å². The van der Waals surface area contributed by atoms with Crippen LogP contribution in [0.5, 0.6) is 0 Å². The predicted molar refractivity (Wildman–Crippen MR) is 112 cm³/mol. The Balaban J connectivity index is 1.58. The van der Waals surface area contributed by atoms with Gasteiger partial charge in [-0.05, 0) is 51.6 Å². The molecule has 0 saturated heterocycles. The molecule has 0 aliphatic rings. The number of para-hydroxylation sites is 2. The van der Waals surface area contributed by atoms with Crippen molar-refractivity contribution in [1.82, 2.24) is 4.98 Å². The zero-order valence-corrected chi connectivity index (χ0v) is 14.9. The van der Waals surface area contributed by atoms with Crippen molar-refractivity contribution in [2.45, 2.75) is 0 Å². The van der Waals surface area contributed by atoms with E-state index in [1.54, 1.807) is 6.07 Å². The monoisotopic (exact) mass is 365 g/mol. The molecular weight excluding hydrogens is 349 g/mol. The van der Waals surface area contributed by atoms with Gasteiger partial charge in [-0.1, -0.05) is 60.7 Å². The van der Waals surface area contributed by atoms with E-state index < -0.39 is 7.12 Å². The Morgan fingerprint density at radius 1 is 0.679 bits per heavy atom. The maximum Gasteiger partial charge on any atom is 0.489 e. The largest absolute Gasteiger partial charge is 0.489 e. The van der Waals surface area contributed by atoms with Crippen molar-refractivity contribution in [2.24, 2.45) is 0 Å². The summed E-state index contributed by atoms with van der Waals surface area (Å²) in [5.41, 5.74) is 5.09. The number of hydrogen-bond acceptors (Lipinski definition) is 4. The quantitative estimate of drug-likeness (QED) is 0.475. The third-order valence-corrected chi connectivity index (χ3v) is 4.97. The summed E-state index contributed by atoms with van der Waals surface area (Å²) in [5.74, 6) is 0.594. The molecule has 0 aliphatic carbocycles. The van der Waals surface area contributed by atoms with Gasteiger partial charge in [0.05, 0.1) is 0 Å². The van der Waals surface area contributed by atoms with E-state index in [0.29, 0.717) is 11.4 Å². The molecule has 5 aromatic rings. The van der Waals surface area contributed by atoms with E-state index in [9.17, 15) is 10.0 Å².